The summed E-state index contributed by atoms with van der Waals surface area (Å²) in [4.78, 5) is 3.42. The van der Waals surface area contributed by atoms with Gasteiger partial charge in [-0.1, -0.05) is 6.07 Å². The Hall–Kier alpha value is -1.26. The predicted octanol–water partition coefficient (Wildman–Crippen LogP) is 0.753. The normalized spacial score (nSPS) is 12.9. The van der Waals surface area contributed by atoms with Crippen molar-refractivity contribution in [2.45, 2.75) is 24.0 Å². The van der Waals surface area contributed by atoms with E-state index in [9.17, 15) is 26.0 Å². The molecule has 0 aliphatic rings. The van der Waals surface area contributed by atoms with Crippen LogP contribution in [0, 0.1) is 0 Å². The third-order valence-corrected chi connectivity index (χ3v) is 3.39. The van der Waals surface area contributed by atoms with Crippen LogP contribution in [0.4, 0.5) is 17.6 Å². The van der Waals surface area contributed by atoms with E-state index in [0.29, 0.717) is 5.56 Å². The molecule has 0 amide bonds. The first-order chi connectivity index (χ1) is 8.69. The molecule has 2 N–H and O–H groups in total. The fourth-order valence-electron chi connectivity index (χ4n) is 1.01. The molecule has 0 fully saturated rings. The molecule has 0 spiro atoms. The highest BCUT2D eigenvalue weighted by Crippen LogP contribution is 2.22. The summed E-state index contributed by atoms with van der Waals surface area (Å²) in [5, 5.41) is 8.11. The van der Waals surface area contributed by atoms with Crippen molar-refractivity contribution < 1.29 is 31.1 Å². The van der Waals surface area contributed by atoms with Gasteiger partial charge in [0, 0.05) is 6.20 Å². The number of aliphatic hydroxyl groups excluding tert-OH is 1. The zero-order valence-electron chi connectivity index (χ0n) is 9.35. The van der Waals surface area contributed by atoms with Gasteiger partial charge in [-0.2, -0.15) is 8.78 Å². The van der Waals surface area contributed by atoms with E-state index in [1.165, 1.54) is 10.8 Å². The Morgan fingerprint density at radius 1 is 1.37 bits per heavy atom. The Balaban J connectivity index is 2.81. The molecular weight excluding hydrogens is 292 g/mol. The molecule has 0 saturated heterocycles. The second-order valence-corrected chi connectivity index (χ2v) is 5.26. The van der Waals surface area contributed by atoms with E-state index in [4.69, 9.17) is 5.11 Å². The van der Waals surface area contributed by atoms with Crippen LogP contribution in [0.25, 0.3) is 0 Å². The van der Waals surface area contributed by atoms with Gasteiger partial charge < -0.3 is 5.11 Å². The molecular formula is C9H10F4N2O3S. The molecule has 0 unspecified atom stereocenters. The minimum Gasteiger partial charge on any atom is -0.392 e. The molecule has 0 aliphatic carbocycles. The molecule has 0 aromatic carbocycles. The van der Waals surface area contributed by atoms with Crippen LogP contribution in [-0.2, 0) is 16.6 Å². The summed E-state index contributed by atoms with van der Waals surface area (Å²) >= 11 is 0. The fraction of sp³-hybridized carbons (Fsp3) is 0.444. The van der Waals surface area contributed by atoms with Gasteiger partial charge in [-0.25, -0.2) is 26.9 Å². The Bertz CT molecular complexity index is 519. The van der Waals surface area contributed by atoms with Crippen molar-refractivity contribution >= 4 is 10.0 Å². The van der Waals surface area contributed by atoms with Gasteiger partial charge in [0.1, 0.15) is 0 Å². The average Bonchev–Trinajstić information content (AvgIpc) is 2.36. The van der Waals surface area contributed by atoms with Crippen LogP contribution in [0.1, 0.15) is 5.56 Å². The van der Waals surface area contributed by atoms with Crippen LogP contribution in [-0.4, -0.2) is 37.4 Å². The molecule has 1 aromatic rings. The first kappa shape index (κ1) is 15.8. The predicted molar refractivity (Wildman–Crippen MR) is 56.3 cm³/mol. The molecule has 1 heterocycles. The first-order valence-electron chi connectivity index (χ1n) is 4.90. The van der Waals surface area contributed by atoms with Crippen molar-refractivity contribution in [3.8, 4) is 0 Å². The largest absolute Gasteiger partial charge is 0.392 e. The number of sulfonamides is 1. The topological polar surface area (TPSA) is 79.3 Å². The number of pyridine rings is 1. The van der Waals surface area contributed by atoms with E-state index >= 15 is 0 Å². The minimum atomic E-state index is -4.46. The number of hydrogen-bond acceptors (Lipinski definition) is 4. The number of aliphatic hydroxyl groups is 1. The lowest BCUT2D eigenvalue weighted by Gasteiger charge is -2.15. The van der Waals surface area contributed by atoms with Crippen LogP contribution in [0.2, 0.25) is 0 Å². The van der Waals surface area contributed by atoms with Crippen molar-refractivity contribution in [1.82, 2.24) is 9.71 Å². The summed E-state index contributed by atoms with van der Waals surface area (Å²) in [5.41, 5.74) is 0.317. The second kappa shape index (κ2) is 5.80. The van der Waals surface area contributed by atoms with E-state index in [2.05, 4.69) is 4.98 Å². The van der Waals surface area contributed by atoms with Crippen LogP contribution in [0.15, 0.2) is 23.4 Å². The number of halogens is 4. The van der Waals surface area contributed by atoms with Crippen molar-refractivity contribution in [2.75, 3.05) is 6.54 Å². The maximum Gasteiger partial charge on any atom is 0.320 e. The third kappa shape index (κ3) is 4.11. The van der Waals surface area contributed by atoms with Crippen LogP contribution in [0.3, 0.4) is 0 Å². The summed E-state index contributed by atoms with van der Waals surface area (Å²) in [6, 6.07) is 2.18. The SMILES string of the molecule is O=S(=O)(NCC(F)(F)C(F)F)c1ccc(CO)cn1. The van der Waals surface area contributed by atoms with Gasteiger partial charge in [-0.3, -0.25) is 0 Å². The lowest BCUT2D eigenvalue weighted by molar-refractivity contribution is -0.122. The van der Waals surface area contributed by atoms with Gasteiger partial charge in [0.15, 0.2) is 5.03 Å². The number of rotatable bonds is 6. The Morgan fingerprint density at radius 2 is 2.00 bits per heavy atom. The van der Waals surface area contributed by atoms with Crippen molar-refractivity contribution in [2.24, 2.45) is 0 Å². The quantitative estimate of drug-likeness (QED) is 0.760. The highest BCUT2D eigenvalue weighted by Gasteiger charge is 2.41. The molecule has 0 radical (unpaired) electrons. The van der Waals surface area contributed by atoms with E-state index in [0.717, 1.165) is 12.3 Å². The van der Waals surface area contributed by atoms with Gasteiger partial charge in [0.05, 0.1) is 13.2 Å². The molecule has 19 heavy (non-hydrogen) atoms. The maximum absolute atomic E-state index is 12.6. The number of hydrogen-bond donors (Lipinski definition) is 2. The van der Waals surface area contributed by atoms with Gasteiger partial charge in [-0.15, -0.1) is 0 Å². The van der Waals surface area contributed by atoms with E-state index < -0.39 is 33.9 Å². The average molecular weight is 302 g/mol. The number of aromatic nitrogens is 1. The Kier molecular flexibility index (Phi) is 4.82. The smallest absolute Gasteiger partial charge is 0.320 e. The summed E-state index contributed by atoms with van der Waals surface area (Å²) in [6.07, 6.45) is -2.94. The molecule has 1 rings (SSSR count). The van der Waals surface area contributed by atoms with Crippen molar-refractivity contribution in [3.05, 3.63) is 23.9 Å². The van der Waals surface area contributed by atoms with Crippen molar-refractivity contribution in [3.63, 3.8) is 0 Å². The maximum atomic E-state index is 12.6. The molecule has 0 saturated carbocycles. The van der Waals surface area contributed by atoms with E-state index in [-0.39, 0.29) is 6.61 Å². The molecule has 0 atom stereocenters. The van der Waals surface area contributed by atoms with Crippen LogP contribution in [0.5, 0.6) is 0 Å². The van der Waals surface area contributed by atoms with Crippen molar-refractivity contribution in [1.29, 1.82) is 0 Å². The Morgan fingerprint density at radius 3 is 2.42 bits per heavy atom. The van der Waals surface area contributed by atoms with Gasteiger partial charge in [0.25, 0.3) is 10.0 Å². The number of alkyl halides is 4. The number of nitrogens with zero attached hydrogens (tertiary/aromatic N) is 1. The summed E-state index contributed by atoms with van der Waals surface area (Å²) < 4.78 is 73.2. The monoisotopic (exact) mass is 302 g/mol. The number of nitrogens with one attached hydrogen (secondary N) is 1. The molecule has 108 valence electrons. The Labute approximate surface area is 106 Å². The standard InChI is InChI=1S/C9H10F4N2O3S/c10-8(11)9(12,13)5-15-19(17,18)7-2-1-6(4-16)3-14-7/h1-3,8,15-16H,4-5H2. The summed E-state index contributed by atoms with van der Waals surface area (Å²) in [7, 11) is -4.41. The third-order valence-electron chi connectivity index (χ3n) is 2.07. The second-order valence-electron chi connectivity index (χ2n) is 3.55. The van der Waals surface area contributed by atoms with Crippen LogP contribution < -0.4 is 4.72 Å². The summed E-state index contributed by atoms with van der Waals surface area (Å²) in [5.74, 6) is -4.46. The lowest BCUT2D eigenvalue weighted by atomic mass is 10.3. The molecule has 5 nitrogen and oxygen atoms in total. The molecule has 10 heteroatoms. The lowest BCUT2D eigenvalue weighted by Crippen LogP contribution is -2.41. The first-order valence-corrected chi connectivity index (χ1v) is 6.39. The molecule has 0 bridgehead atoms. The summed E-state index contributed by atoms with van der Waals surface area (Å²) in [6.45, 7) is -2.10. The van der Waals surface area contributed by atoms with Gasteiger partial charge >= 0.3 is 12.3 Å². The van der Waals surface area contributed by atoms with Gasteiger partial charge in [-0.05, 0) is 11.6 Å². The highest BCUT2D eigenvalue weighted by atomic mass is 32.2. The van der Waals surface area contributed by atoms with Gasteiger partial charge in [0.2, 0.25) is 0 Å². The molecule has 1 aromatic heterocycles. The highest BCUT2D eigenvalue weighted by molar-refractivity contribution is 7.89. The van der Waals surface area contributed by atoms with E-state index in [1.807, 2.05) is 0 Å². The van der Waals surface area contributed by atoms with E-state index in [1.54, 1.807) is 0 Å². The van der Waals surface area contributed by atoms with Crippen LogP contribution >= 0.6 is 0 Å². The minimum absolute atomic E-state index is 0.317. The molecule has 0 aliphatic heterocycles. The zero-order chi connectivity index (χ0) is 14.7. The zero-order valence-corrected chi connectivity index (χ0v) is 10.2. The fourth-order valence-corrected chi connectivity index (χ4v) is 1.97.